The predicted octanol–water partition coefficient (Wildman–Crippen LogP) is 9.28. The number of fused-ring (bicyclic) bond motifs is 7. The van der Waals surface area contributed by atoms with Crippen LogP contribution in [0.4, 0.5) is 0 Å². The van der Waals surface area contributed by atoms with E-state index in [1.165, 1.54) is 56.9 Å². The van der Waals surface area contributed by atoms with Crippen LogP contribution < -0.4 is 0 Å². The normalized spacial score (nSPS) is 49.7. The van der Waals surface area contributed by atoms with E-state index in [1.54, 1.807) is 5.57 Å². The second kappa shape index (κ2) is 7.84. The van der Waals surface area contributed by atoms with Gasteiger partial charge in [0.1, 0.15) is 0 Å². The van der Waals surface area contributed by atoms with Gasteiger partial charge in [-0.05, 0) is 133 Å². The van der Waals surface area contributed by atoms with E-state index < -0.39 is 0 Å². The summed E-state index contributed by atoms with van der Waals surface area (Å²) in [6.45, 7) is 19.2. The van der Waals surface area contributed by atoms with Crippen molar-refractivity contribution in [2.75, 3.05) is 0 Å². The summed E-state index contributed by atoms with van der Waals surface area (Å²) in [5, 5.41) is -0.0189. The molecule has 0 radical (unpaired) electrons. The van der Waals surface area contributed by atoms with Crippen LogP contribution in [-0.4, -0.2) is 5.24 Å². The maximum Gasteiger partial charge on any atom is 0.228 e. The Hall–Kier alpha value is -0.820. The molecule has 0 saturated heterocycles. The molecule has 4 saturated carbocycles. The summed E-state index contributed by atoms with van der Waals surface area (Å²) in [5.74, 6) is 2.64. The van der Waals surface area contributed by atoms with Gasteiger partial charge in [0.05, 0.1) is 0 Å². The van der Waals surface area contributed by atoms with Crippen LogP contribution in [0.1, 0.15) is 106 Å². The van der Waals surface area contributed by atoms with Crippen LogP contribution in [0, 0.1) is 50.7 Å². The molecule has 0 aromatic carbocycles. The molecule has 4 fully saturated rings. The van der Waals surface area contributed by atoms with E-state index in [0.717, 1.165) is 18.8 Å². The Morgan fingerprint density at radius 2 is 1.68 bits per heavy atom. The number of allylic oxidation sites excluding steroid dienone is 5. The van der Waals surface area contributed by atoms with E-state index in [4.69, 9.17) is 11.6 Å². The zero-order valence-electron chi connectivity index (χ0n) is 22.6. The van der Waals surface area contributed by atoms with Crippen LogP contribution in [0.2, 0.25) is 0 Å². The van der Waals surface area contributed by atoms with Gasteiger partial charge in [-0.2, -0.15) is 0 Å². The Bertz CT molecular complexity index is 956. The highest BCUT2D eigenvalue weighted by Crippen LogP contribution is 2.77. The second-order valence-corrected chi connectivity index (χ2v) is 14.6. The van der Waals surface area contributed by atoms with Gasteiger partial charge in [-0.25, -0.2) is 0 Å². The number of carbonyl (C=O) groups is 1. The molecule has 5 aliphatic rings. The summed E-state index contributed by atoms with van der Waals surface area (Å²) in [7, 11) is 0. The molecule has 0 aliphatic heterocycles. The molecular weight excluding hydrogens is 436 g/mol. The lowest BCUT2D eigenvalue weighted by molar-refractivity contribution is -0.222. The molecule has 0 spiro atoms. The van der Waals surface area contributed by atoms with Crippen molar-refractivity contribution in [3.63, 3.8) is 0 Å². The maximum atomic E-state index is 12.7. The van der Waals surface area contributed by atoms with E-state index in [2.05, 4.69) is 60.3 Å². The Balaban J connectivity index is 1.53. The molecule has 0 bridgehead atoms. The zero-order valence-corrected chi connectivity index (χ0v) is 23.4. The Labute approximate surface area is 213 Å². The van der Waals surface area contributed by atoms with Crippen molar-refractivity contribution in [3.05, 3.63) is 36.0 Å². The fourth-order valence-corrected chi connectivity index (χ4v) is 11.8. The summed E-state index contributed by atoms with van der Waals surface area (Å²) < 4.78 is 0. The first-order valence-corrected chi connectivity index (χ1v) is 14.5. The van der Waals surface area contributed by atoms with Crippen LogP contribution in [0.25, 0.3) is 0 Å². The first-order valence-electron chi connectivity index (χ1n) is 14.1. The Morgan fingerprint density at radius 1 is 0.941 bits per heavy atom. The zero-order chi connectivity index (χ0) is 24.7. The topological polar surface area (TPSA) is 17.1 Å². The lowest BCUT2D eigenvalue weighted by Crippen LogP contribution is -2.65. The third-order valence-corrected chi connectivity index (χ3v) is 13.5. The fourth-order valence-electron chi connectivity index (χ4n) is 11.5. The highest BCUT2D eigenvalue weighted by molar-refractivity contribution is 6.64. The van der Waals surface area contributed by atoms with Crippen LogP contribution in [0.5, 0.6) is 0 Å². The number of hydrogen-bond donors (Lipinski definition) is 0. The SMILES string of the molecule is C=C/C=C(\C)C1=CCC2(C)C(CCC3(C)C2CCC2C4CCCC4(C(=O)Cl)CC[C@]23C)C1(C)C. The Morgan fingerprint density at radius 3 is 2.35 bits per heavy atom. The summed E-state index contributed by atoms with van der Waals surface area (Å²) in [6, 6.07) is 0. The van der Waals surface area contributed by atoms with Crippen LogP contribution in [-0.2, 0) is 4.79 Å². The first-order chi connectivity index (χ1) is 15.9. The highest BCUT2D eigenvalue weighted by Gasteiger charge is 2.70. The van der Waals surface area contributed by atoms with Crippen molar-refractivity contribution in [1.29, 1.82) is 0 Å². The van der Waals surface area contributed by atoms with Gasteiger partial charge >= 0.3 is 0 Å². The third-order valence-electron chi connectivity index (χ3n) is 13.1. The van der Waals surface area contributed by atoms with Crippen molar-refractivity contribution in [3.8, 4) is 0 Å². The number of halogens is 1. The van der Waals surface area contributed by atoms with E-state index in [-0.39, 0.29) is 16.1 Å². The van der Waals surface area contributed by atoms with E-state index in [0.29, 0.717) is 34.0 Å². The van der Waals surface area contributed by atoms with Gasteiger partial charge in [0.15, 0.2) is 0 Å². The van der Waals surface area contributed by atoms with Gasteiger partial charge < -0.3 is 0 Å². The van der Waals surface area contributed by atoms with Gasteiger partial charge in [0, 0.05) is 5.41 Å². The standard InChI is InChI=1S/C32H47ClO/c1-8-10-21(2)22-14-17-29(5)25(28(22,3)4)15-18-31(7)26(29)13-12-23-24-11-9-16-32(24,27(33)34)20-19-30(23,31)6/h8,10,14,23-26H,1,9,11-13,15-20H2,2-7H3/b21-10+/t23?,24?,25?,26?,29?,30-,31?,32?/m1/s1. The van der Waals surface area contributed by atoms with Gasteiger partial charge in [0.25, 0.3) is 0 Å². The van der Waals surface area contributed by atoms with Crippen molar-refractivity contribution >= 4 is 16.8 Å². The minimum atomic E-state index is -0.213. The van der Waals surface area contributed by atoms with Crippen molar-refractivity contribution in [1.82, 2.24) is 0 Å². The second-order valence-electron chi connectivity index (χ2n) is 14.2. The molecule has 1 nitrogen and oxygen atoms in total. The smallest absolute Gasteiger partial charge is 0.228 e. The minimum absolute atomic E-state index is 0.0189. The van der Waals surface area contributed by atoms with Crippen molar-refractivity contribution in [2.24, 2.45) is 50.7 Å². The van der Waals surface area contributed by atoms with E-state index in [9.17, 15) is 4.79 Å². The Kier molecular flexibility index (Phi) is 5.73. The third kappa shape index (κ3) is 2.95. The van der Waals surface area contributed by atoms with Crippen molar-refractivity contribution in [2.45, 2.75) is 106 Å². The van der Waals surface area contributed by atoms with Gasteiger partial charge in [-0.1, -0.05) is 65.8 Å². The maximum absolute atomic E-state index is 12.7. The fraction of sp³-hybridized carbons (Fsp3) is 0.781. The average Bonchev–Trinajstić information content (AvgIpc) is 3.19. The molecule has 0 heterocycles. The first kappa shape index (κ1) is 24.9. The minimum Gasteiger partial charge on any atom is -0.281 e. The van der Waals surface area contributed by atoms with Gasteiger partial charge in [-0.15, -0.1) is 0 Å². The molecule has 7 unspecified atom stereocenters. The molecule has 0 amide bonds. The highest BCUT2D eigenvalue weighted by atomic mass is 35.5. The molecule has 2 heteroatoms. The molecular formula is C32H47ClO. The van der Waals surface area contributed by atoms with Crippen LogP contribution in [0.15, 0.2) is 36.0 Å². The lowest BCUT2D eigenvalue weighted by atomic mass is 9.33. The van der Waals surface area contributed by atoms with Crippen LogP contribution in [0.3, 0.4) is 0 Å². The van der Waals surface area contributed by atoms with E-state index >= 15 is 0 Å². The van der Waals surface area contributed by atoms with Gasteiger partial charge in [0.2, 0.25) is 5.24 Å². The quantitative estimate of drug-likeness (QED) is 0.289. The lowest BCUT2D eigenvalue weighted by Gasteiger charge is -2.72. The molecule has 0 aromatic heterocycles. The number of carbonyl (C=O) groups excluding carboxylic acids is 1. The average molecular weight is 483 g/mol. The van der Waals surface area contributed by atoms with Crippen LogP contribution >= 0.6 is 11.6 Å². The monoisotopic (exact) mass is 482 g/mol. The molecule has 0 N–H and O–H groups in total. The predicted molar refractivity (Wildman–Crippen MR) is 144 cm³/mol. The number of hydrogen-bond acceptors (Lipinski definition) is 1. The summed E-state index contributed by atoms with van der Waals surface area (Å²) in [4.78, 5) is 12.7. The number of rotatable bonds is 3. The van der Waals surface area contributed by atoms with E-state index in [1.807, 2.05) is 6.08 Å². The molecule has 5 rings (SSSR count). The largest absolute Gasteiger partial charge is 0.281 e. The summed E-state index contributed by atoms with van der Waals surface area (Å²) >= 11 is 6.35. The molecule has 188 valence electrons. The molecule has 34 heavy (non-hydrogen) atoms. The molecule has 5 aliphatic carbocycles. The molecule has 0 aromatic rings. The summed E-state index contributed by atoms with van der Waals surface area (Å²) in [6.07, 6.45) is 18.9. The summed E-state index contributed by atoms with van der Waals surface area (Å²) in [5.41, 5.74) is 3.92. The van der Waals surface area contributed by atoms with Gasteiger partial charge in [-0.3, -0.25) is 4.79 Å². The van der Waals surface area contributed by atoms with Crippen molar-refractivity contribution < 1.29 is 4.79 Å². The molecule has 8 atom stereocenters.